The Bertz CT molecular complexity index is 354. The molecule has 1 aromatic rings. The second kappa shape index (κ2) is 5.25. The summed E-state index contributed by atoms with van der Waals surface area (Å²) in [5.74, 6) is 0.105. The Labute approximate surface area is 96.6 Å². The number of hydrogen-bond acceptors (Lipinski definition) is 3. The summed E-state index contributed by atoms with van der Waals surface area (Å²) < 4.78 is 7.10. The maximum atomic E-state index is 12.0. The highest BCUT2D eigenvalue weighted by Gasteiger charge is 2.30. The minimum absolute atomic E-state index is 0.105. The molecule has 0 saturated carbocycles. The predicted molar refractivity (Wildman–Crippen MR) is 62.3 cm³/mol. The second-order valence-corrected chi connectivity index (χ2v) is 4.09. The zero-order chi connectivity index (χ0) is 12.2. The number of carbonyl (C=O) groups excluding carboxylic acids is 1. The summed E-state index contributed by atoms with van der Waals surface area (Å²) in [5.41, 5.74) is 0.275. The number of ether oxygens (including phenoxy) is 1. The molecule has 0 aliphatic rings. The maximum absolute atomic E-state index is 12.0. The van der Waals surface area contributed by atoms with Gasteiger partial charge < -0.3 is 4.74 Å². The molecule has 0 radical (unpaired) electrons. The van der Waals surface area contributed by atoms with E-state index in [4.69, 9.17) is 4.74 Å². The quantitative estimate of drug-likeness (QED) is 0.740. The third-order valence-corrected chi connectivity index (χ3v) is 3.09. The van der Waals surface area contributed by atoms with Gasteiger partial charge in [-0.05, 0) is 25.8 Å². The molecule has 4 heteroatoms. The minimum atomic E-state index is -0.672. The molecule has 1 unspecified atom stereocenters. The Balaban J connectivity index is 2.70. The summed E-state index contributed by atoms with van der Waals surface area (Å²) >= 11 is 0. The second-order valence-electron chi connectivity index (χ2n) is 4.09. The van der Waals surface area contributed by atoms with E-state index in [1.54, 1.807) is 13.3 Å². The van der Waals surface area contributed by atoms with E-state index in [2.05, 4.69) is 5.10 Å². The van der Waals surface area contributed by atoms with E-state index in [1.807, 2.05) is 31.6 Å². The molecule has 0 fully saturated rings. The van der Waals surface area contributed by atoms with Gasteiger partial charge in [0, 0.05) is 26.3 Å². The van der Waals surface area contributed by atoms with E-state index in [9.17, 15) is 4.79 Å². The van der Waals surface area contributed by atoms with E-state index in [0.717, 1.165) is 12.1 Å². The standard InChI is InChI=1S/C12H20N2O2/c1-5-12(3,16-4)11(15)7-10-8-13-14(6-2)9-10/h8-9H,5-7H2,1-4H3. The zero-order valence-corrected chi connectivity index (χ0v) is 10.5. The Morgan fingerprint density at radius 3 is 2.69 bits per heavy atom. The summed E-state index contributed by atoms with van der Waals surface area (Å²) in [6.45, 7) is 6.63. The molecule has 0 saturated heterocycles. The zero-order valence-electron chi connectivity index (χ0n) is 10.5. The highest BCUT2D eigenvalue weighted by Crippen LogP contribution is 2.17. The molecule has 1 heterocycles. The van der Waals surface area contributed by atoms with Crippen molar-refractivity contribution in [2.75, 3.05) is 7.11 Å². The largest absolute Gasteiger partial charge is 0.371 e. The molecular weight excluding hydrogens is 204 g/mol. The van der Waals surface area contributed by atoms with Crippen LogP contribution in [-0.2, 0) is 22.5 Å². The van der Waals surface area contributed by atoms with Crippen molar-refractivity contribution in [3.63, 3.8) is 0 Å². The lowest BCUT2D eigenvalue weighted by atomic mass is 9.93. The van der Waals surface area contributed by atoms with E-state index < -0.39 is 5.60 Å². The van der Waals surface area contributed by atoms with Crippen molar-refractivity contribution in [3.8, 4) is 0 Å². The minimum Gasteiger partial charge on any atom is -0.371 e. The molecule has 0 amide bonds. The lowest BCUT2D eigenvalue weighted by Gasteiger charge is -2.24. The van der Waals surface area contributed by atoms with Crippen molar-refractivity contribution in [1.82, 2.24) is 9.78 Å². The van der Waals surface area contributed by atoms with Crippen LogP contribution in [0.3, 0.4) is 0 Å². The number of aromatic nitrogens is 2. The van der Waals surface area contributed by atoms with Gasteiger partial charge in [-0.2, -0.15) is 5.10 Å². The van der Waals surface area contributed by atoms with E-state index in [1.165, 1.54) is 0 Å². The van der Waals surface area contributed by atoms with Gasteiger partial charge in [-0.25, -0.2) is 0 Å². The first-order valence-corrected chi connectivity index (χ1v) is 5.65. The molecular formula is C12H20N2O2. The fourth-order valence-corrected chi connectivity index (χ4v) is 1.50. The molecule has 1 aromatic heterocycles. The van der Waals surface area contributed by atoms with Gasteiger partial charge in [0.25, 0.3) is 0 Å². The molecule has 1 rings (SSSR count). The lowest BCUT2D eigenvalue weighted by molar-refractivity contribution is -0.138. The Morgan fingerprint density at radius 1 is 1.56 bits per heavy atom. The van der Waals surface area contributed by atoms with Crippen LogP contribution < -0.4 is 0 Å². The summed E-state index contributed by atoms with van der Waals surface area (Å²) in [5, 5.41) is 4.15. The van der Waals surface area contributed by atoms with Gasteiger partial charge in [0.2, 0.25) is 0 Å². The van der Waals surface area contributed by atoms with E-state index in [0.29, 0.717) is 12.8 Å². The van der Waals surface area contributed by atoms with E-state index in [-0.39, 0.29) is 5.78 Å². The van der Waals surface area contributed by atoms with Gasteiger partial charge in [-0.1, -0.05) is 6.92 Å². The van der Waals surface area contributed by atoms with Crippen LogP contribution in [0.5, 0.6) is 0 Å². The first kappa shape index (κ1) is 12.9. The SMILES string of the molecule is CCn1cc(CC(=O)C(C)(CC)OC)cn1. The van der Waals surface area contributed by atoms with Crippen LogP contribution in [0.1, 0.15) is 32.8 Å². The first-order valence-electron chi connectivity index (χ1n) is 5.65. The van der Waals surface area contributed by atoms with Crippen molar-refractivity contribution < 1.29 is 9.53 Å². The van der Waals surface area contributed by atoms with Crippen LogP contribution in [0.2, 0.25) is 0 Å². The van der Waals surface area contributed by atoms with Crippen molar-refractivity contribution in [2.24, 2.45) is 0 Å². The smallest absolute Gasteiger partial charge is 0.168 e. The van der Waals surface area contributed by atoms with Crippen molar-refractivity contribution in [1.29, 1.82) is 0 Å². The number of Topliss-reactive ketones (excluding diaryl/α,β-unsaturated/α-hetero) is 1. The van der Waals surface area contributed by atoms with Crippen LogP contribution in [-0.4, -0.2) is 28.3 Å². The normalized spacial score (nSPS) is 14.8. The average Bonchev–Trinajstić information content (AvgIpc) is 2.75. The summed E-state index contributed by atoms with van der Waals surface area (Å²) in [7, 11) is 1.58. The molecule has 0 aromatic carbocycles. The molecule has 0 bridgehead atoms. The first-order chi connectivity index (χ1) is 7.55. The third-order valence-electron chi connectivity index (χ3n) is 3.09. The van der Waals surface area contributed by atoms with Gasteiger partial charge in [-0.15, -0.1) is 0 Å². The predicted octanol–water partition coefficient (Wildman–Crippen LogP) is 1.83. The van der Waals surface area contributed by atoms with Gasteiger partial charge in [0.1, 0.15) is 5.60 Å². The number of nitrogens with zero attached hydrogens (tertiary/aromatic N) is 2. The third kappa shape index (κ3) is 2.70. The lowest BCUT2D eigenvalue weighted by Crippen LogP contribution is -2.37. The maximum Gasteiger partial charge on any atom is 0.168 e. The van der Waals surface area contributed by atoms with Crippen molar-refractivity contribution in [2.45, 2.75) is 45.8 Å². The molecule has 90 valence electrons. The number of methoxy groups -OCH3 is 1. The van der Waals surface area contributed by atoms with Crippen LogP contribution in [0.25, 0.3) is 0 Å². The number of ketones is 1. The molecule has 0 aliphatic heterocycles. The van der Waals surface area contributed by atoms with Gasteiger partial charge >= 0.3 is 0 Å². The fraction of sp³-hybridized carbons (Fsp3) is 0.667. The molecule has 0 aliphatic carbocycles. The Morgan fingerprint density at radius 2 is 2.25 bits per heavy atom. The summed E-state index contributed by atoms with van der Waals surface area (Å²) in [6, 6.07) is 0. The Kier molecular flexibility index (Phi) is 4.24. The monoisotopic (exact) mass is 224 g/mol. The Hall–Kier alpha value is -1.16. The molecule has 1 atom stereocenters. The van der Waals surface area contributed by atoms with Crippen LogP contribution in [0.4, 0.5) is 0 Å². The summed E-state index contributed by atoms with van der Waals surface area (Å²) in [6.07, 6.45) is 4.72. The molecule has 16 heavy (non-hydrogen) atoms. The van der Waals surface area contributed by atoms with Crippen molar-refractivity contribution >= 4 is 5.78 Å². The van der Waals surface area contributed by atoms with Crippen LogP contribution in [0, 0.1) is 0 Å². The van der Waals surface area contributed by atoms with Crippen LogP contribution >= 0.6 is 0 Å². The number of rotatable bonds is 6. The number of carbonyl (C=O) groups is 1. The number of aryl methyl sites for hydroxylation is 1. The molecule has 0 N–H and O–H groups in total. The number of hydrogen-bond donors (Lipinski definition) is 0. The fourth-order valence-electron chi connectivity index (χ4n) is 1.50. The van der Waals surface area contributed by atoms with Crippen molar-refractivity contribution in [3.05, 3.63) is 18.0 Å². The highest BCUT2D eigenvalue weighted by atomic mass is 16.5. The topological polar surface area (TPSA) is 44.1 Å². The van der Waals surface area contributed by atoms with Gasteiger partial charge in [0.05, 0.1) is 6.20 Å². The highest BCUT2D eigenvalue weighted by molar-refractivity contribution is 5.88. The van der Waals surface area contributed by atoms with E-state index >= 15 is 0 Å². The van der Waals surface area contributed by atoms with Crippen LogP contribution in [0.15, 0.2) is 12.4 Å². The summed E-state index contributed by atoms with van der Waals surface area (Å²) in [4.78, 5) is 12.0. The van der Waals surface area contributed by atoms with Gasteiger partial charge in [-0.3, -0.25) is 9.48 Å². The molecule has 4 nitrogen and oxygen atoms in total. The van der Waals surface area contributed by atoms with Gasteiger partial charge in [0.15, 0.2) is 5.78 Å². The molecule has 0 spiro atoms. The average molecular weight is 224 g/mol.